The Hall–Kier alpha value is -0.490. The van der Waals surface area contributed by atoms with E-state index < -0.39 is 15.0 Å². The van der Waals surface area contributed by atoms with Crippen LogP contribution in [0, 0.1) is 0 Å². The highest BCUT2D eigenvalue weighted by Gasteiger charge is 2.23. The number of amides is 1. The van der Waals surface area contributed by atoms with Crippen LogP contribution in [-0.4, -0.2) is 20.9 Å². The fraction of sp³-hybridized carbons (Fsp3) is 0.417. The Morgan fingerprint density at radius 2 is 1.90 bits per heavy atom. The second-order valence-corrected chi connectivity index (χ2v) is 7.45. The van der Waals surface area contributed by atoms with Crippen LogP contribution >= 0.6 is 33.9 Å². The zero-order chi connectivity index (χ0) is 15.3. The lowest BCUT2D eigenvalue weighted by Gasteiger charge is -2.10. The summed E-state index contributed by atoms with van der Waals surface area (Å²) in [6.07, 6.45) is 2.83. The molecule has 1 amide bonds. The van der Waals surface area contributed by atoms with Gasteiger partial charge in [0.1, 0.15) is 4.90 Å². The number of hydrogen-bond acceptors (Lipinski definition) is 3. The van der Waals surface area contributed by atoms with Gasteiger partial charge in [-0.05, 0) is 18.6 Å². The molecular weight excluding hydrogens is 345 g/mol. The molecule has 0 atom stereocenters. The van der Waals surface area contributed by atoms with E-state index in [-0.39, 0.29) is 20.5 Å². The maximum Gasteiger partial charge on any atom is 0.262 e. The average molecular weight is 359 g/mol. The zero-order valence-electron chi connectivity index (χ0n) is 10.8. The van der Waals surface area contributed by atoms with Crippen LogP contribution in [0.25, 0.3) is 0 Å². The number of halogens is 3. The van der Waals surface area contributed by atoms with Crippen molar-refractivity contribution < 1.29 is 13.2 Å². The summed E-state index contributed by atoms with van der Waals surface area (Å²) >= 11 is 11.8. The summed E-state index contributed by atoms with van der Waals surface area (Å²) in [5.41, 5.74) is -0.0773. The Morgan fingerprint density at radius 1 is 1.25 bits per heavy atom. The summed E-state index contributed by atoms with van der Waals surface area (Å²) in [6.45, 7) is 2.52. The molecule has 0 aliphatic rings. The van der Waals surface area contributed by atoms with E-state index in [1.54, 1.807) is 0 Å². The van der Waals surface area contributed by atoms with E-state index in [2.05, 4.69) is 5.32 Å². The summed E-state index contributed by atoms with van der Waals surface area (Å²) in [7, 11) is 1.22. The van der Waals surface area contributed by atoms with Crippen LogP contribution in [0.4, 0.5) is 0 Å². The summed E-state index contributed by atoms with van der Waals surface area (Å²) in [6, 6.07) is 2.45. The molecule has 112 valence electrons. The van der Waals surface area contributed by atoms with Crippen molar-refractivity contribution in [3.8, 4) is 0 Å². The topological polar surface area (TPSA) is 63.2 Å². The highest BCUT2D eigenvalue weighted by atomic mass is 35.7. The second kappa shape index (κ2) is 7.50. The van der Waals surface area contributed by atoms with Crippen molar-refractivity contribution in [2.75, 3.05) is 6.54 Å². The average Bonchev–Trinajstić information content (AvgIpc) is 2.33. The van der Waals surface area contributed by atoms with E-state index in [4.69, 9.17) is 33.9 Å². The Morgan fingerprint density at radius 3 is 2.45 bits per heavy atom. The molecule has 0 aromatic heterocycles. The molecule has 1 aromatic rings. The van der Waals surface area contributed by atoms with Crippen LogP contribution in [0.5, 0.6) is 0 Å². The summed E-state index contributed by atoms with van der Waals surface area (Å²) in [4.78, 5) is 11.7. The largest absolute Gasteiger partial charge is 0.352 e. The lowest BCUT2D eigenvalue weighted by atomic mass is 10.2. The molecule has 8 heteroatoms. The van der Waals surface area contributed by atoms with E-state index in [1.165, 1.54) is 12.1 Å². The molecule has 0 aliphatic heterocycles. The van der Waals surface area contributed by atoms with Gasteiger partial charge in [0.2, 0.25) is 0 Å². The minimum Gasteiger partial charge on any atom is -0.352 e. The van der Waals surface area contributed by atoms with Gasteiger partial charge >= 0.3 is 0 Å². The van der Waals surface area contributed by atoms with Gasteiger partial charge in [0.05, 0.1) is 15.6 Å². The third-order valence-corrected chi connectivity index (χ3v) is 4.80. The van der Waals surface area contributed by atoms with Gasteiger partial charge in [-0.15, -0.1) is 0 Å². The third-order valence-electron chi connectivity index (χ3n) is 2.61. The molecule has 4 nitrogen and oxygen atoms in total. The molecule has 20 heavy (non-hydrogen) atoms. The molecule has 0 fully saturated rings. The van der Waals surface area contributed by atoms with Crippen molar-refractivity contribution in [1.29, 1.82) is 0 Å². The van der Waals surface area contributed by atoms with Gasteiger partial charge in [-0.2, -0.15) is 0 Å². The van der Waals surface area contributed by atoms with E-state index >= 15 is 0 Å². The monoisotopic (exact) mass is 357 g/mol. The molecule has 0 bridgehead atoms. The first-order chi connectivity index (χ1) is 9.29. The van der Waals surface area contributed by atoms with Crippen molar-refractivity contribution in [2.24, 2.45) is 0 Å². The van der Waals surface area contributed by atoms with Crippen LogP contribution in [0.3, 0.4) is 0 Å². The van der Waals surface area contributed by atoms with Crippen molar-refractivity contribution in [3.05, 3.63) is 27.7 Å². The van der Waals surface area contributed by atoms with Gasteiger partial charge in [0.15, 0.2) is 0 Å². The van der Waals surface area contributed by atoms with Gasteiger partial charge in [-0.1, -0.05) is 43.0 Å². The zero-order valence-corrected chi connectivity index (χ0v) is 13.8. The van der Waals surface area contributed by atoms with E-state index in [0.717, 1.165) is 19.3 Å². The van der Waals surface area contributed by atoms with Crippen LogP contribution in [-0.2, 0) is 9.05 Å². The Labute approximate surface area is 132 Å². The van der Waals surface area contributed by atoms with E-state index in [0.29, 0.717) is 6.54 Å². The Balaban J connectivity index is 3.03. The first-order valence-corrected chi connectivity index (χ1v) is 9.06. The highest BCUT2D eigenvalue weighted by molar-refractivity contribution is 8.13. The first-order valence-electron chi connectivity index (χ1n) is 6.00. The summed E-state index contributed by atoms with van der Waals surface area (Å²) in [5.74, 6) is -0.515. The molecule has 1 aromatic carbocycles. The standard InChI is InChI=1S/C12H14Cl3NO3S/c1-2-3-4-7-16-12(17)10-8(13)5-6-9(11(10)14)20(15,18)19/h5-6H,2-4,7H2,1H3,(H,16,17). The van der Waals surface area contributed by atoms with Crippen molar-refractivity contribution in [3.63, 3.8) is 0 Å². The molecule has 0 radical (unpaired) electrons. The van der Waals surface area contributed by atoms with Crippen LogP contribution in [0.15, 0.2) is 17.0 Å². The van der Waals surface area contributed by atoms with Crippen molar-refractivity contribution in [2.45, 2.75) is 31.1 Å². The number of unbranched alkanes of at least 4 members (excludes halogenated alkanes) is 2. The lowest BCUT2D eigenvalue weighted by molar-refractivity contribution is 0.0953. The smallest absolute Gasteiger partial charge is 0.262 e. The number of hydrogen-bond donors (Lipinski definition) is 1. The maximum absolute atomic E-state index is 12.0. The predicted octanol–water partition coefficient (Wildman–Crippen LogP) is 3.84. The molecule has 0 spiro atoms. The molecule has 0 saturated heterocycles. The van der Waals surface area contributed by atoms with Gasteiger partial charge in [0, 0.05) is 17.2 Å². The fourth-order valence-electron chi connectivity index (χ4n) is 1.60. The van der Waals surface area contributed by atoms with Gasteiger partial charge in [-0.3, -0.25) is 4.79 Å². The Bertz CT molecular complexity index is 602. The maximum atomic E-state index is 12.0. The molecular formula is C12H14Cl3NO3S. The molecule has 1 N–H and O–H groups in total. The van der Waals surface area contributed by atoms with Crippen LogP contribution in [0.1, 0.15) is 36.5 Å². The van der Waals surface area contributed by atoms with Gasteiger partial charge < -0.3 is 5.32 Å². The molecule has 0 saturated carbocycles. The molecule has 0 heterocycles. The van der Waals surface area contributed by atoms with Crippen LogP contribution in [0.2, 0.25) is 10.0 Å². The van der Waals surface area contributed by atoms with E-state index in [9.17, 15) is 13.2 Å². The Kier molecular flexibility index (Phi) is 6.58. The van der Waals surface area contributed by atoms with Gasteiger partial charge in [0.25, 0.3) is 15.0 Å². The number of benzene rings is 1. The molecule has 1 rings (SSSR count). The SMILES string of the molecule is CCCCCNC(=O)c1c(Cl)ccc(S(=O)(=O)Cl)c1Cl. The number of nitrogens with one attached hydrogen (secondary N) is 1. The van der Waals surface area contributed by atoms with Crippen molar-refractivity contribution >= 4 is 48.8 Å². The normalized spacial score (nSPS) is 11.4. The molecule has 0 unspecified atom stereocenters. The number of carbonyl (C=O) groups is 1. The minimum absolute atomic E-state index is 0.0760. The van der Waals surface area contributed by atoms with E-state index in [1.807, 2.05) is 6.92 Å². The predicted molar refractivity (Wildman–Crippen MR) is 81.4 cm³/mol. The van der Waals surface area contributed by atoms with Gasteiger partial charge in [-0.25, -0.2) is 8.42 Å². The number of rotatable bonds is 6. The second-order valence-electron chi connectivity index (χ2n) is 4.14. The third kappa shape index (κ3) is 4.52. The fourth-order valence-corrected chi connectivity index (χ4v) is 3.49. The first kappa shape index (κ1) is 17.6. The highest BCUT2D eigenvalue weighted by Crippen LogP contribution is 2.32. The quantitative estimate of drug-likeness (QED) is 0.620. The van der Waals surface area contributed by atoms with Crippen LogP contribution < -0.4 is 5.32 Å². The molecule has 0 aliphatic carbocycles. The van der Waals surface area contributed by atoms with Crippen molar-refractivity contribution in [1.82, 2.24) is 5.32 Å². The number of carbonyl (C=O) groups excluding carboxylic acids is 1. The minimum atomic E-state index is -4.03. The summed E-state index contributed by atoms with van der Waals surface area (Å²) in [5, 5.41) is 2.46. The lowest BCUT2D eigenvalue weighted by Crippen LogP contribution is -2.25. The summed E-state index contributed by atoms with van der Waals surface area (Å²) < 4.78 is 22.7.